The molecule has 4 heterocycles. The smallest absolute Gasteiger partial charge is 0.259 e. The van der Waals surface area contributed by atoms with E-state index in [1.807, 2.05) is 4.90 Å². The van der Waals surface area contributed by atoms with E-state index >= 15 is 0 Å². The molecule has 2 fully saturated rings. The van der Waals surface area contributed by atoms with E-state index in [1.165, 1.54) is 11.3 Å². The Morgan fingerprint density at radius 1 is 1.20 bits per heavy atom. The molecule has 2 aromatic rings. The summed E-state index contributed by atoms with van der Waals surface area (Å²) in [5.41, 5.74) is 7.18. The van der Waals surface area contributed by atoms with E-state index in [0.29, 0.717) is 31.2 Å². The molecular weight excluding hydrogens is 340 g/mol. The van der Waals surface area contributed by atoms with Crippen LogP contribution in [-0.2, 0) is 9.53 Å². The van der Waals surface area contributed by atoms with Crippen molar-refractivity contribution in [2.24, 2.45) is 11.7 Å². The van der Waals surface area contributed by atoms with Crippen LogP contribution in [0.2, 0.25) is 0 Å². The zero-order chi connectivity index (χ0) is 17.4. The molecule has 1 atom stereocenters. The van der Waals surface area contributed by atoms with Crippen LogP contribution in [0.25, 0.3) is 10.3 Å². The number of rotatable bonds is 3. The highest BCUT2D eigenvalue weighted by Gasteiger charge is 2.35. The first-order valence-corrected chi connectivity index (χ1v) is 9.36. The highest BCUT2D eigenvalue weighted by Crippen LogP contribution is 2.38. The van der Waals surface area contributed by atoms with Crippen LogP contribution in [0.15, 0.2) is 12.4 Å². The predicted molar refractivity (Wildman–Crippen MR) is 93.4 cm³/mol. The Morgan fingerprint density at radius 3 is 2.72 bits per heavy atom. The van der Waals surface area contributed by atoms with Crippen molar-refractivity contribution in [3.8, 4) is 0 Å². The maximum Gasteiger partial charge on any atom is 0.259 e. The molecule has 2 amide bonds. The van der Waals surface area contributed by atoms with Crippen molar-refractivity contribution in [1.29, 1.82) is 0 Å². The summed E-state index contributed by atoms with van der Waals surface area (Å²) in [5.74, 6) is -0.107. The summed E-state index contributed by atoms with van der Waals surface area (Å²) in [6.07, 6.45) is 5.64. The molecule has 0 aliphatic carbocycles. The van der Waals surface area contributed by atoms with Crippen LogP contribution in [0.5, 0.6) is 0 Å². The Kier molecular flexibility index (Phi) is 4.39. The first-order valence-electron chi connectivity index (χ1n) is 8.55. The minimum Gasteiger partial charge on any atom is -0.381 e. The molecule has 0 bridgehead atoms. The van der Waals surface area contributed by atoms with Crippen molar-refractivity contribution in [2.75, 3.05) is 26.3 Å². The number of carbonyl (C=O) groups is 2. The van der Waals surface area contributed by atoms with Crippen LogP contribution in [0.4, 0.5) is 0 Å². The number of nitrogens with zero attached hydrogens (tertiary/aromatic N) is 3. The van der Waals surface area contributed by atoms with Crippen LogP contribution < -0.4 is 5.73 Å². The van der Waals surface area contributed by atoms with Crippen LogP contribution >= 0.6 is 11.3 Å². The van der Waals surface area contributed by atoms with Crippen molar-refractivity contribution >= 4 is 33.5 Å². The number of primary amides is 1. The molecule has 0 saturated carbocycles. The molecule has 132 valence electrons. The number of thiophene rings is 1. The Morgan fingerprint density at radius 2 is 1.96 bits per heavy atom. The van der Waals surface area contributed by atoms with Crippen molar-refractivity contribution < 1.29 is 14.3 Å². The normalized spacial score (nSPS) is 21.8. The van der Waals surface area contributed by atoms with Gasteiger partial charge in [-0.2, -0.15) is 0 Å². The second-order valence-electron chi connectivity index (χ2n) is 6.58. The van der Waals surface area contributed by atoms with Gasteiger partial charge in [0.15, 0.2) is 0 Å². The highest BCUT2D eigenvalue weighted by atomic mass is 32.1. The largest absolute Gasteiger partial charge is 0.381 e. The van der Waals surface area contributed by atoms with Crippen LogP contribution in [0.1, 0.15) is 40.4 Å². The lowest BCUT2D eigenvalue weighted by atomic mass is 9.97. The number of amides is 2. The van der Waals surface area contributed by atoms with Gasteiger partial charge in [-0.05, 0) is 19.3 Å². The lowest BCUT2D eigenvalue weighted by Crippen LogP contribution is -2.37. The average Bonchev–Trinajstić information content (AvgIpc) is 3.26. The number of hydrogen-bond acceptors (Lipinski definition) is 6. The zero-order valence-electron chi connectivity index (χ0n) is 13.8. The predicted octanol–water partition coefficient (Wildman–Crippen LogP) is 1.53. The Labute approximate surface area is 149 Å². The van der Waals surface area contributed by atoms with Gasteiger partial charge in [0.05, 0.1) is 4.88 Å². The van der Waals surface area contributed by atoms with E-state index in [0.717, 1.165) is 35.2 Å². The summed E-state index contributed by atoms with van der Waals surface area (Å²) < 4.78 is 5.35. The van der Waals surface area contributed by atoms with Crippen LogP contribution in [0, 0.1) is 5.92 Å². The van der Waals surface area contributed by atoms with Crippen molar-refractivity contribution in [3.05, 3.63) is 22.8 Å². The summed E-state index contributed by atoms with van der Waals surface area (Å²) in [7, 11) is 0. The number of likely N-dealkylation sites (tertiary alicyclic amines) is 1. The Hall–Kier alpha value is -2.06. The molecule has 0 spiro atoms. The van der Waals surface area contributed by atoms with Crippen LogP contribution in [0.3, 0.4) is 0 Å². The van der Waals surface area contributed by atoms with Crippen LogP contribution in [-0.4, -0.2) is 53.0 Å². The lowest BCUT2D eigenvalue weighted by Gasteiger charge is -2.26. The molecular formula is C17H20N4O3S. The van der Waals surface area contributed by atoms with E-state index in [4.69, 9.17) is 10.5 Å². The highest BCUT2D eigenvalue weighted by molar-refractivity contribution is 7.20. The molecule has 1 unspecified atom stereocenters. The topological polar surface area (TPSA) is 98.4 Å². The number of aromatic nitrogens is 2. The lowest BCUT2D eigenvalue weighted by molar-refractivity contribution is -0.137. The fourth-order valence-corrected chi connectivity index (χ4v) is 4.84. The van der Waals surface area contributed by atoms with E-state index in [2.05, 4.69) is 9.97 Å². The molecule has 7 nitrogen and oxygen atoms in total. The van der Waals surface area contributed by atoms with Gasteiger partial charge in [0.25, 0.3) is 5.91 Å². The number of nitrogens with two attached hydrogens (primary N) is 1. The van der Waals surface area contributed by atoms with Gasteiger partial charge in [0.1, 0.15) is 10.3 Å². The third-order valence-electron chi connectivity index (χ3n) is 5.07. The quantitative estimate of drug-likeness (QED) is 0.895. The summed E-state index contributed by atoms with van der Waals surface area (Å²) in [5, 5.41) is 0. The first-order chi connectivity index (χ1) is 12.1. The molecule has 0 aromatic carbocycles. The molecule has 2 aliphatic heterocycles. The Balaban J connectivity index is 1.59. The summed E-state index contributed by atoms with van der Waals surface area (Å²) in [6.45, 7) is 2.63. The van der Waals surface area contributed by atoms with Gasteiger partial charge in [0, 0.05) is 56.1 Å². The van der Waals surface area contributed by atoms with E-state index in [1.54, 1.807) is 12.4 Å². The summed E-state index contributed by atoms with van der Waals surface area (Å²) in [6, 6.07) is 0. The molecule has 8 heteroatoms. The third kappa shape index (κ3) is 3.00. The molecule has 2 aromatic heterocycles. The summed E-state index contributed by atoms with van der Waals surface area (Å²) >= 11 is 1.29. The standard InChI is InChI=1S/C17H20N4O3S/c18-15(22)14-12(13-16(25-14)20-5-4-19-13)11-1-6-21(9-11)17(23)10-2-7-24-8-3-10/h4-5,10-11H,1-3,6-9H2,(H2,18,22). The maximum atomic E-state index is 12.8. The van der Waals surface area contributed by atoms with Crippen molar-refractivity contribution in [2.45, 2.75) is 25.2 Å². The number of ether oxygens (including phenoxy) is 1. The van der Waals surface area contributed by atoms with Gasteiger partial charge in [-0.25, -0.2) is 4.98 Å². The Bertz CT molecular complexity index is 815. The van der Waals surface area contributed by atoms with Gasteiger partial charge in [-0.15, -0.1) is 11.3 Å². The van der Waals surface area contributed by atoms with Crippen molar-refractivity contribution in [1.82, 2.24) is 14.9 Å². The van der Waals surface area contributed by atoms with Gasteiger partial charge in [0.2, 0.25) is 5.91 Å². The van der Waals surface area contributed by atoms with Crippen molar-refractivity contribution in [3.63, 3.8) is 0 Å². The minimum atomic E-state index is -0.450. The molecule has 0 radical (unpaired) electrons. The minimum absolute atomic E-state index is 0.0575. The second kappa shape index (κ2) is 6.68. The van der Waals surface area contributed by atoms with E-state index < -0.39 is 5.91 Å². The van der Waals surface area contributed by atoms with Gasteiger partial charge < -0.3 is 15.4 Å². The number of hydrogen-bond donors (Lipinski definition) is 1. The summed E-state index contributed by atoms with van der Waals surface area (Å²) in [4.78, 5) is 36.5. The maximum absolute atomic E-state index is 12.8. The van der Waals surface area contributed by atoms with Gasteiger partial charge >= 0.3 is 0 Å². The fourth-order valence-electron chi connectivity index (χ4n) is 3.80. The monoisotopic (exact) mass is 360 g/mol. The molecule has 2 saturated heterocycles. The fraction of sp³-hybridized carbons (Fsp3) is 0.529. The number of carbonyl (C=O) groups excluding carboxylic acids is 2. The molecule has 2 aliphatic rings. The second-order valence-corrected chi connectivity index (χ2v) is 7.57. The van der Waals surface area contributed by atoms with E-state index in [-0.39, 0.29) is 17.7 Å². The molecule has 25 heavy (non-hydrogen) atoms. The first kappa shape index (κ1) is 16.4. The number of fused-ring (bicyclic) bond motifs is 1. The average molecular weight is 360 g/mol. The third-order valence-corrected chi connectivity index (χ3v) is 6.18. The van der Waals surface area contributed by atoms with Gasteiger partial charge in [-0.1, -0.05) is 0 Å². The molecule has 2 N–H and O–H groups in total. The zero-order valence-corrected chi connectivity index (χ0v) is 14.6. The SMILES string of the molecule is NC(=O)c1sc2nccnc2c1C1CCN(C(=O)C2CCOCC2)C1. The molecule has 4 rings (SSSR count). The van der Waals surface area contributed by atoms with E-state index in [9.17, 15) is 9.59 Å². The van der Waals surface area contributed by atoms with Gasteiger partial charge in [-0.3, -0.25) is 14.6 Å².